The van der Waals surface area contributed by atoms with Crippen LogP contribution in [0.15, 0.2) is 43.0 Å². The summed E-state index contributed by atoms with van der Waals surface area (Å²) in [6.45, 7) is 4.37. The van der Waals surface area contributed by atoms with Gasteiger partial charge in [0.15, 0.2) is 6.04 Å². The summed E-state index contributed by atoms with van der Waals surface area (Å²) in [6.07, 6.45) is 5.84. The lowest BCUT2D eigenvalue weighted by Crippen LogP contribution is -2.47. The Morgan fingerprint density at radius 2 is 1.95 bits per heavy atom. The number of esters is 1. The standard InChI is InChI=1S/C25H32N10O3/c1-38-22(37)21(20-15-26-16-29-20)30-24-31-23(27-7-6-17-14-28-19-5-3-2-4-18(17)19)32-25(33-24)35-10-8-34(9-11-35)12-13-36/h2-5,14-16,21,28,36H,6-13H2,1H3,(H,26,29)(H2,27,30,31,32,33)/t21-/m0/s1. The van der Waals surface area contributed by atoms with Gasteiger partial charge in [-0.1, -0.05) is 18.2 Å². The summed E-state index contributed by atoms with van der Waals surface area (Å²) in [5, 5.41) is 16.9. The number of carbonyl (C=O) groups excluding carboxylic acids is 1. The first-order valence-electron chi connectivity index (χ1n) is 12.6. The number of hydrogen-bond donors (Lipinski definition) is 5. The Kier molecular flexibility index (Phi) is 7.95. The van der Waals surface area contributed by atoms with Gasteiger partial charge < -0.3 is 35.3 Å². The highest BCUT2D eigenvalue weighted by Crippen LogP contribution is 2.22. The zero-order chi connectivity index (χ0) is 26.3. The van der Waals surface area contributed by atoms with E-state index in [0.717, 1.165) is 25.0 Å². The van der Waals surface area contributed by atoms with Crippen molar-refractivity contribution in [3.8, 4) is 0 Å². The van der Waals surface area contributed by atoms with Crippen molar-refractivity contribution >= 4 is 34.7 Å². The Labute approximate surface area is 219 Å². The van der Waals surface area contributed by atoms with E-state index >= 15 is 0 Å². The number of hydrogen-bond acceptors (Lipinski definition) is 11. The maximum atomic E-state index is 12.5. The largest absolute Gasteiger partial charge is 0.467 e. The molecule has 1 atom stereocenters. The number of anilines is 3. The number of methoxy groups -OCH3 is 1. The summed E-state index contributed by atoms with van der Waals surface area (Å²) in [5.74, 6) is 0.660. The second kappa shape index (κ2) is 11.9. The third kappa shape index (κ3) is 5.84. The predicted molar refractivity (Wildman–Crippen MR) is 143 cm³/mol. The molecule has 0 unspecified atom stereocenters. The molecule has 0 saturated carbocycles. The number of carbonyl (C=O) groups is 1. The molecule has 5 N–H and O–H groups in total. The van der Waals surface area contributed by atoms with Crippen LogP contribution in [-0.4, -0.2) is 98.9 Å². The van der Waals surface area contributed by atoms with Crippen molar-refractivity contribution in [2.45, 2.75) is 12.5 Å². The van der Waals surface area contributed by atoms with E-state index in [0.29, 0.717) is 43.8 Å². The highest BCUT2D eigenvalue weighted by atomic mass is 16.5. The molecule has 1 aliphatic heterocycles. The van der Waals surface area contributed by atoms with Gasteiger partial charge in [0.2, 0.25) is 17.8 Å². The number of para-hydroxylation sites is 1. The number of nitrogens with zero attached hydrogens (tertiary/aromatic N) is 6. The van der Waals surface area contributed by atoms with Gasteiger partial charge in [0.25, 0.3) is 0 Å². The molecular weight excluding hydrogens is 488 g/mol. The van der Waals surface area contributed by atoms with Gasteiger partial charge in [-0.15, -0.1) is 0 Å². The van der Waals surface area contributed by atoms with Crippen LogP contribution in [0.2, 0.25) is 0 Å². The minimum Gasteiger partial charge on any atom is -0.467 e. The van der Waals surface area contributed by atoms with Crippen molar-refractivity contribution in [1.82, 2.24) is 34.8 Å². The van der Waals surface area contributed by atoms with Gasteiger partial charge >= 0.3 is 5.97 Å². The number of aromatic amines is 2. The first-order valence-corrected chi connectivity index (χ1v) is 12.6. The minimum absolute atomic E-state index is 0.132. The average molecular weight is 521 g/mol. The lowest BCUT2D eigenvalue weighted by Gasteiger charge is -2.34. The fourth-order valence-electron chi connectivity index (χ4n) is 4.55. The van der Waals surface area contributed by atoms with E-state index < -0.39 is 12.0 Å². The van der Waals surface area contributed by atoms with Crippen molar-refractivity contribution in [3.05, 3.63) is 54.2 Å². The van der Waals surface area contributed by atoms with Crippen LogP contribution in [0.4, 0.5) is 17.8 Å². The number of H-pyrrole nitrogens is 2. The molecule has 0 radical (unpaired) electrons. The fraction of sp³-hybridized carbons (Fsp3) is 0.400. The average Bonchev–Trinajstić information content (AvgIpc) is 3.63. The summed E-state index contributed by atoms with van der Waals surface area (Å²) in [5.41, 5.74) is 2.83. The maximum absolute atomic E-state index is 12.5. The monoisotopic (exact) mass is 520 g/mol. The van der Waals surface area contributed by atoms with Crippen LogP contribution in [0.25, 0.3) is 10.9 Å². The molecule has 5 rings (SSSR count). The van der Waals surface area contributed by atoms with Gasteiger partial charge in [-0.05, 0) is 18.1 Å². The van der Waals surface area contributed by atoms with Crippen LogP contribution in [0.3, 0.4) is 0 Å². The first-order chi connectivity index (χ1) is 18.6. The predicted octanol–water partition coefficient (Wildman–Crippen LogP) is 1.17. The van der Waals surface area contributed by atoms with Crippen molar-refractivity contribution in [2.75, 3.05) is 68.5 Å². The number of rotatable bonds is 11. The van der Waals surface area contributed by atoms with Crippen molar-refractivity contribution < 1.29 is 14.6 Å². The summed E-state index contributed by atoms with van der Waals surface area (Å²) in [4.78, 5) is 40.9. The van der Waals surface area contributed by atoms with Crippen molar-refractivity contribution in [1.29, 1.82) is 0 Å². The van der Waals surface area contributed by atoms with E-state index in [4.69, 9.17) is 4.74 Å². The van der Waals surface area contributed by atoms with Crippen LogP contribution >= 0.6 is 0 Å². The summed E-state index contributed by atoms with van der Waals surface area (Å²) in [7, 11) is 1.33. The molecule has 0 amide bonds. The molecule has 0 aliphatic carbocycles. The van der Waals surface area contributed by atoms with E-state index in [2.05, 4.69) is 62.5 Å². The Bertz CT molecular complexity index is 1330. The number of β-amino-alcohol motifs (C(OH)–C–C–N with tert-alkyl or cyclic N) is 1. The number of aliphatic hydroxyl groups excluding tert-OH is 1. The Morgan fingerprint density at radius 3 is 2.71 bits per heavy atom. The highest BCUT2D eigenvalue weighted by Gasteiger charge is 2.26. The van der Waals surface area contributed by atoms with Crippen LogP contribution in [0, 0.1) is 0 Å². The molecule has 0 spiro atoms. The number of aliphatic hydroxyl groups is 1. The number of ether oxygens (including phenoxy) is 1. The fourth-order valence-corrected chi connectivity index (χ4v) is 4.55. The first kappa shape index (κ1) is 25.4. The van der Waals surface area contributed by atoms with E-state index in [9.17, 15) is 9.90 Å². The number of fused-ring (bicyclic) bond motifs is 1. The Hall–Kier alpha value is -4.23. The molecule has 4 heterocycles. The lowest BCUT2D eigenvalue weighted by atomic mass is 10.1. The van der Waals surface area contributed by atoms with E-state index in [1.165, 1.54) is 24.4 Å². The molecular formula is C25H32N10O3. The minimum atomic E-state index is -0.863. The topological polar surface area (TPSA) is 160 Å². The highest BCUT2D eigenvalue weighted by molar-refractivity contribution is 5.83. The molecule has 13 heteroatoms. The van der Waals surface area contributed by atoms with Gasteiger partial charge in [0.1, 0.15) is 0 Å². The number of piperazine rings is 1. The van der Waals surface area contributed by atoms with E-state index in [-0.39, 0.29) is 12.6 Å². The molecule has 3 aromatic heterocycles. The summed E-state index contributed by atoms with van der Waals surface area (Å²) >= 11 is 0. The molecule has 1 aliphatic rings. The third-order valence-corrected chi connectivity index (χ3v) is 6.59. The molecule has 13 nitrogen and oxygen atoms in total. The number of benzene rings is 1. The molecule has 200 valence electrons. The lowest BCUT2D eigenvalue weighted by molar-refractivity contribution is -0.141. The normalized spacial score (nSPS) is 14.9. The molecule has 1 saturated heterocycles. The smallest absolute Gasteiger partial charge is 0.334 e. The van der Waals surface area contributed by atoms with Crippen LogP contribution < -0.4 is 15.5 Å². The molecule has 1 aromatic carbocycles. The van der Waals surface area contributed by atoms with Crippen LogP contribution in [0.5, 0.6) is 0 Å². The van der Waals surface area contributed by atoms with Crippen molar-refractivity contribution in [2.24, 2.45) is 0 Å². The zero-order valence-corrected chi connectivity index (χ0v) is 21.2. The molecule has 4 aromatic rings. The van der Waals surface area contributed by atoms with Gasteiger partial charge in [-0.25, -0.2) is 9.78 Å². The zero-order valence-electron chi connectivity index (χ0n) is 21.2. The van der Waals surface area contributed by atoms with Gasteiger partial charge in [-0.3, -0.25) is 4.90 Å². The van der Waals surface area contributed by atoms with Crippen LogP contribution in [0.1, 0.15) is 17.3 Å². The second-order valence-electron chi connectivity index (χ2n) is 8.98. The second-order valence-corrected chi connectivity index (χ2v) is 8.98. The number of aromatic nitrogens is 6. The maximum Gasteiger partial charge on any atom is 0.334 e. The van der Waals surface area contributed by atoms with Crippen molar-refractivity contribution in [3.63, 3.8) is 0 Å². The number of nitrogens with one attached hydrogen (secondary N) is 4. The third-order valence-electron chi connectivity index (χ3n) is 6.59. The SMILES string of the molecule is COC(=O)[C@@H](Nc1nc(NCCc2c[nH]c3ccccc23)nc(N2CCN(CCO)CC2)n1)c1cnc[nH]1. The Balaban J connectivity index is 1.36. The molecule has 38 heavy (non-hydrogen) atoms. The van der Waals surface area contributed by atoms with Gasteiger partial charge in [0, 0.05) is 56.4 Å². The van der Waals surface area contributed by atoms with Gasteiger partial charge in [-0.2, -0.15) is 15.0 Å². The van der Waals surface area contributed by atoms with E-state index in [1.807, 2.05) is 18.3 Å². The summed E-state index contributed by atoms with van der Waals surface area (Å²) < 4.78 is 4.99. The molecule has 0 bridgehead atoms. The van der Waals surface area contributed by atoms with E-state index in [1.54, 1.807) is 6.20 Å². The Morgan fingerprint density at radius 1 is 1.13 bits per heavy atom. The quantitative estimate of drug-likeness (QED) is 0.181. The summed E-state index contributed by atoms with van der Waals surface area (Å²) in [6, 6.07) is 7.33. The van der Waals surface area contributed by atoms with Gasteiger partial charge in [0.05, 0.1) is 31.9 Å². The molecule has 1 fully saturated rings. The van der Waals surface area contributed by atoms with Crippen LogP contribution in [-0.2, 0) is 16.0 Å². The number of imidazole rings is 1.